The van der Waals surface area contributed by atoms with E-state index < -0.39 is 5.92 Å². The SMILES string of the molecule is CC(C)=CC[C@H]1O[C@]1(C)C1CC(OC(=O)N2CC(CCN3CC(F)(F)C3)C2)CCC12CO2. The molecule has 1 amide bonds. The fourth-order valence-corrected chi connectivity index (χ4v) is 5.93. The molecular formula is C24H36F2N2O4. The molecule has 3 unspecified atom stereocenters. The summed E-state index contributed by atoms with van der Waals surface area (Å²) in [5.74, 6) is -1.88. The largest absolute Gasteiger partial charge is 0.446 e. The fourth-order valence-electron chi connectivity index (χ4n) is 5.93. The lowest BCUT2D eigenvalue weighted by molar-refractivity contribution is -0.132. The zero-order valence-electron chi connectivity index (χ0n) is 19.4. The van der Waals surface area contributed by atoms with Crippen LogP contribution >= 0.6 is 0 Å². The lowest BCUT2D eigenvalue weighted by Crippen LogP contribution is -2.57. The molecular weight excluding hydrogens is 418 g/mol. The minimum absolute atomic E-state index is 0.0904. The van der Waals surface area contributed by atoms with Gasteiger partial charge in [-0.3, -0.25) is 4.90 Å². The molecule has 0 aromatic rings. The number of halogens is 2. The van der Waals surface area contributed by atoms with Crippen molar-refractivity contribution < 1.29 is 27.8 Å². The molecule has 180 valence electrons. The van der Waals surface area contributed by atoms with Crippen LogP contribution in [0, 0.1) is 11.8 Å². The molecule has 0 aromatic carbocycles. The van der Waals surface area contributed by atoms with Crippen LogP contribution < -0.4 is 0 Å². The van der Waals surface area contributed by atoms with Crippen molar-refractivity contribution in [3.8, 4) is 0 Å². The number of allylic oxidation sites excluding steroid dienone is 1. The van der Waals surface area contributed by atoms with Crippen LogP contribution in [-0.4, -0.2) is 84.6 Å². The lowest BCUT2D eigenvalue weighted by atomic mass is 9.70. The van der Waals surface area contributed by atoms with Crippen molar-refractivity contribution in [3.05, 3.63) is 11.6 Å². The molecule has 4 aliphatic heterocycles. The highest BCUT2D eigenvalue weighted by atomic mass is 19.3. The zero-order chi connectivity index (χ0) is 22.7. The van der Waals surface area contributed by atoms with E-state index in [1.165, 1.54) is 5.57 Å². The maximum atomic E-state index is 12.9. The molecule has 5 fully saturated rings. The average Bonchev–Trinajstić information content (AvgIpc) is 3.57. The third kappa shape index (κ3) is 4.42. The topological polar surface area (TPSA) is 57.8 Å². The Morgan fingerprint density at radius 1 is 1.25 bits per heavy atom. The number of nitrogens with zero attached hydrogens (tertiary/aromatic N) is 2. The van der Waals surface area contributed by atoms with Gasteiger partial charge in [-0.25, -0.2) is 13.6 Å². The first kappa shape index (κ1) is 22.5. The van der Waals surface area contributed by atoms with Gasteiger partial charge in [-0.05, 0) is 65.3 Å². The number of amides is 1. The number of epoxide rings is 2. The molecule has 0 N–H and O–H groups in total. The van der Waals surface area contributed by atoms with Crippen molar-refractivity contribution in [2.75, 3.05) is 39.3 Å². The number of alkyl halides is 2. The van der Waals surface area contributed by atoms with Crippen LogP contribution in [0.4, 0.5) is 13.6 Å². The first-order valence-electron chi connectivity index (χ1n) is 12.1. The van der Waals surface area contributed by atoms with E-state index in [0.29, 0.717) is 25.6 Å². The van der Waals surface area contributed by atoms with Gasteiger partial charge in [-0.2, -0.15) is 0 Å². The highest BCUT2D eigenvalue weighted by Gasteiger charge is 2.68. The maximum Gasteiger partial charge on any atom is 0.410 e. The van der Waals surface area contributed by atoms with Crippen molar-refractivity contribution in [1.29, 1.82) is 0 Å². The van der Waals surface area contributed by atoms with Crippen molar-refractivity contribution in [2.24, 2.45) is 11.8 Å². The van der Waals surface area contributed by atoms with Gasteiger partial charge < -0.3 is 19.1 Å². The number of rotatable bonds is 7. The van der Waals surface area contributed by atoms with Crippen molar-refractivity contribution >= 4 is 6.09 Å². The second-order valence-electron chi connectivity index (χ2n) is 11.1. The molecule has 8 heteroatoms. The summed E-state index contributed by atoms with van der Waals surface area (Å²) in [6.07, 6.45) is 6.39. The van der Waals surface area contributed by atoms with E-state index in [1.54, 1.807) is 9.80 Å². The second-order valence-corrected chi connectivity index (χ2v) is 11.1. The van der Waals surface area contributed by atoms with Gasteiger partial charge in [0, 0.05) is 19.0 Å². The van der Waals surface area contributed by atoms with E-state index in [9.17, 15) is 13.6 Å². The standard InChI is InChI=1S/C24H36F2N2O4/c1-16(2)4-5-20-22(3,32-20)19-10-18(6-8-23(19)15-30-23)31-21(29)28-11-17(12-28)7-9-27-13-24(25,26)14-27/h4,17-20H,5-15H2,1-3H3/t18?,19?,20-,22-,23?/m1/s1. The predicted octanol–water partition coefficient (Wildman–Crippen LogP) is 3.85. The number of likely N-dealkylation sites (tertiary alicyclic amines) is 2. The van der Waals surface area contributed by atoms with Crippen LogP contribution in [0.2, 0.25) is 0 Å². The van der Waals surface area contributed by atoms with E-state index in [2.05, 4.69) is 26.8 Å². The molecule has 1 saturated carbocycles. The average molecular weight is 455 g/mol. The number of carbonyl (C=O) groups is 1. The monoisotopic (exact) mass is 454 g/mol. The van der Waals surface area contributed by atoms with Gasteiger partial charge in [0.15, 0.2) is 0 Å². The highest BCUT2D eigenvalue weighted by Crippen LogP contribution is 2.59. The quantitative estimate of drug-likeness (QED) is 0.432. The number of hydrogen-bond donors (Lipinski definition) is 0. The normalized spacial score (nSPS) is 40.4. The molecule has 32 heavy (non-hydrogen) atoms. The van der Waals surface area contributed by atoms with Gasteiger partial charge in [0.05, 0.1) is 37.0 Å². The highest BCUT2D eigenvalue weighted by molar-refractivity contribution is 5.68. The Labute approximate surface area is 189 Å². The number of hydrogen-bond acceptors (Lipinski definition) is 5. The third-order valence-electron chi connectivity index (χ3n) is 8.19. The molecule has 0 radical (unpaired) electrons. The van der Waals surface area contributed by atoms with Crippen LogP contribution in [-0.2, 0) is 14.2 Å². The Hall–Kier alpha value is -1.25. The van der Waals surface area contributed by atoms with E-state index in [1.807, 2.05) is 0 Å². The lowest BCUT2D eigenvalue weighted by Gasteiger charge is -2.43. The van der Waals surface area contributed by atoms with Crippen molar-refractivity contribution in [1.82, 2.24) is 9.80 Å². The molecule has 5 aliphatic rings. The van der Waals surface area contributed by atoms with E-state index in [0.717, 1.165) is 38.7 Å². The summed E-state index contributed by atoms with van der Waals surface area (Å²) < 4.78 is 43.8. The molecule has 4 heterocycles. The summed E-state index contributed by atoms with van der Waals surface area (Å²) in [5, 5.41) is 0. The summed E-state index contributed by atoms with van der Waals surface area (Å²) in [5.41, 5.74) is 1.00. The Morgan fingerprint density at radius 2 is 1.97 bits per heavy atom. The first-order chi connectivity index (χ1) is 15.1. The van der Waals surface area contributed by atoms with Gasteiger partial charge in [0.1, 0.15) is 6.10 Å². The van der Waals surface area contributed by atoms with Crippen molar-refractivity contribution in [3.63, 3.8) is 0 Å². The Balaban J connectivity index is 1.07. The van der Waals surface area contributed by atoms with Gasteiger partial charge in [0.25, 0.3) is 5.92 Å². The minimum Gasteiger partial charge on any atom is -0.446 e. The van der Waals surface area contributed by atoms with Crippen LogP contribution in [0.15, 0.2) is 11.6 Å². The molecule has 5 rings (SSSR count). The van der Waals surface area contributed by atoms with Gasteiger partial charge in [-0.1, -0.05) is 11.6 Å². The predicted molar refractivity (Wildman–Crippen MR) is 115 cm³/mol. The second kappa shape index (κ2) is 7.91. The zero-order valence-corrected chi connectivity index (χ0v) is 19.4. The molecule has 4 saturated heterocycles. The van der Waals surface area contributed by atoms with Crippen molar-refractivity contribution in [2.45, 2.75) is 82.2 Å². The summed E-state index contributed by atoms with van der Waals surface area (Å²) in [6, 6.07) is 0. The fraction of sp³-hybridized carbons (Fsp3) is 0.875. The Kier molecular flexibility index (Phi) is 5.57. The molecule has 5 atom stereocenters. The molecule has 1 spiro atoms. The summed E-state index contributed by atoms with van der Waals surface area (Å²) in [4.78, 5) is 16.2. The smallest absolute Gasteiger partial charge is 0.410 e. The number of ether oxygens (including phenoxy) is 3. The summed E-state index contributed by atoms with van der Waals surface area (Å²) >= 11 is 0. The Morgan fingerprint density at radius 3 is 2.59 bits per heavy atom. The van der Waals surface area contributed by atoms with E-state index in [-0.39, 0.29) is 48.5 Å². The maximum absolute atomic E-state index is 12.9. The van der Waals surface area contributed by atoms with Crippen LogP contribution in [0.25, 0.3) is 0 Å². The van der Waals surface area contributed by atoms with Gasteiger partial charge in [-0.15, -0.1) is 0 Å². The summed E-state index contributed by atoms with van der Waals surface area (Å²) in [7, 11) is 0. The first-order valence-corrected chi connectivity index (χ1v) is 12.1. The molecule has 1 aliphatic carbocycles. The van der Waals surface area contributed by atoms with Crippen LogP contribution in [0.3, 0.4) is 0 Å². The van der Waals surface area contributed by atoms with Crippen LogP contribution in [0.5, 0.6) is 0 Å². The molecule has 0 aromatic heterocycles. The minimum atomic E-state index is -2.51. The number of carbonyl (C=O) groups excluding carboxylic acids is 1. The molecule has 0 bridgehead atoms. The summed E-state index contributed by atoms with van der Waals surface area (Å²) in [6.45, 7) is 8.93. The van der Waals surface area contributed by atoms with E-state index in [4.69, 9.17) is 14.2 Å². The Bertz CT molecular complexity index is 768. The van der Waals surface area contributed by atoms with E-state index >= 15 is 0 Å². The third-order valence-corrected chi connectivity index (χ3v) is 8.19. The van der Waals surface area contributed by atoms with Gasteiger partial charge >= 0.3 is 6.09 Å². The van der Waals surface area contributed by atoms with Gasteiger partial charge in [0.2, 0.25) is 0 Å². The van der Waals surface area contributed by atoms with Crippen LogP contribution in [0.1, 0.15) is 52.9 Å². The molecule has 6 nitrogen and oxygen atoms in total.